The van der Waals surface area contributed by atoms with Gasteiger partial charge in [-0.1, -0.05) is 6.92 Å². The van der Waals surface area contributed by atoms with Crippen LogP contribution in [0.5, 0.6) is 0 Å². The SMILES string of the molecule is CCCNC(=O)CC(=O)Nc1ccc(N2CCCCC2)cc1. The molecule has 0 aromatic heterocycles. The summed E-state index contributed by atoms with van der Waals surface area (Å²) in [6.45, 7) is 4.79. The average Bonchev–Trinajstić information content (AvgIpc) is 2.54. The highest BCUT2D eigenvalue weighted by Gasteiger charge is 2.12. The minimum atomic E-state index is -0.278. The van der Waals surface area contributed by atoms with Gasteiger partial charge in [-0.05, 0) is 49.9 Å². The fourth-order valence-corrected chi connectivity index (χ4v) is 2.59. The van der Waals surface area contributed by atoms with E-state index in [9.17, 15) is 9.59 Å². The van der Waals surface area contributed by atoms with E-state index in [0.717, 1.165) is 25.2 Å². The number of hydrogen-bond donors (Lipinski definition) is 2. The van der Waals surface area contributed by atoms with Crippen LogP contribution < -0.4 is 15.5 Å². The number of amides is 2. The highest BCUT2D eigenvalue weighted by molar-refractivity contribution is 6.03. The molecule has 1 aromatic carbocycles. The maximum absolute atomic E-state index is 11.8. The second-order valence-corrected chi connectivity index (χ2v) is 5.67. The van der Waals surface area contributed by atoms with Crippen LogP contribution in [0.15, 0.2) is 24.3 Å². The molecule has 0 atom stereocenters. The van der Waals surface area contributed by atoms with Crippen molar-refractivity contribution in [2.45, 2.75) is 39.0 Å². The number of hydrogen-bond acceptors (Lipinski definition) is 3. The maximum atomic E-state index is 11.8. The van der Waals surface area contributed by atoms with Crippen LogP contribution in [0.3, 0.4) is 0 Å². The Morgan fingerprint density at radius 2 is 1.73 bits per heavy atom. The molecule has 0 bridgehead atoms. The molecule has 0 unspecified atom stereocenters. The summed E-state index contributed by atoms with van der Waals surface area (Å²) in [5.41, 5.74) is 1.92. The van der Waals surface area contributed by atoms with Gasteiger partial charge >= 0.3 is 0 Å². The lowest BCUT2D eigenvalue weighted by molar-refractivity contribution is -0.126. The van der Waals surface area contributed by atoms with E-state index < -0.39 is 0 Å². The standard InChI is InChI=1S/C17H25N3O2/c1-2-10-18-16(21)13-17(22)19-14-6-8-15(9-7-14)20-11-4-3-5-12-20/h6-9H,2-5,10-13H2,1H3,(H,18,21)(H,19,22). The second kappa shape index (κ2) is 8.41. The third kappa shape index (κ3) is 5.06. The highest BCUT2D eigenvalue weighted by Crippen LogP contribution is 2.21. The summed E-state index contributed by atoms with van der Waals surface area (Å²) in [7, 11) is 0. The molecule has 2 amide bonds. The van der Waals surface area contributed by atoms with Gasteiger partial charge in [-0.3, -0.25) is 9.59 Å². The van der Waals surface area contributed by atoms with E-state index in [1.165, 1.54) is 24.9 Å². The van der Waals surface area contributed by atoms with Gasteiger partial charge in [0.1, 0.15) is 6.42 Å². The summed E-state index contributed by atoms with van der Waals surface area (Å²) in [6, 6.07) is 7.84. The molecule has 0 aliphatic carbocycles. The molecular weight excluding hydrogens is 278 g/mol. The minimum absolute atomic E-state index is 0.131. The van der Waals surface area contributed by atoms with Crippen molar-refractivity contribution in [3.8, 4) is 0 Å². The number of nitrogens with one attached hydrogen (secondary N) is 2. The lowest BCUT2D eigenvalue weighted by atomic mass is 10.1. The van der Waals surface area contributed by atoms with Gasteiger partial charge in [0.25, 0.3) is 0 Å². The van der Waals surface area contributed by atoms with Crippen LogP contribution in [-0.2, 0) is 9.59 Å². The highest BCUT2D eigenvalue weighted by atomic mass is 16.2. The number of benzene rings is 1. The smallest absolute Gasteiger partial charge is 0.233 e. The Balaban J connectivity index is 1.82. The van der Waals surface area contributed by atoms with Crippen molar-refractivity contribution in [3.05, 3.63) is 24.3 Å². The molecular formula is C17H25N3O2. The first-order chi connectivity index (χ1) is 10.7. The van der Waals surface area contributed by atoms with Crippen LogP contribution in [0.4, 0.5) is 11.4 Å². The van der Waals surface area contributed by atoms with Gasteiger partial charge < -0.3 is 15.5 Å². The van der Waals surface area contributed by atoms with Crippen molar-refractivity contribution >= 4 is 23.2 Å². The molecule has 0 spiro atoms. The van der Waals surface area contributed by atoms with Gasteiger partial charge in [0.05, 0.1) is 0 Å². The van der Waals surface area contributed by atoms with Crippen LogP contribution >= 0.6 is 0 Å². The summed E-state index contributed by atoms with van der Waals surface area (Å²) in [4.78, 5) is 25.6. The molecule has 2 N–H and O–H groups in total. The van der Waals surface area contributed by atoms with Gasteiger partial charge in [0, 0.05) is 31.0 Å². The van der Waals surface area contributed by atoms with Gasteiger partial charge in [0.2, 0.25) is 11.8 Å². The van der Waals surface area contributed by atoms with Crippen molar-refractivity contribution in [2.24, 2.45) is 0 Å². The first kappa shape index (κ1) is 16.3. The Hall–Kier alpha value is -2.04. The maximum Gasteiger partial charge on any atom is 0.233 e. The topological polar surface area (TPSA) is 61.4 Å². The number of rotatable bonds is 6. The molecule has 1 saturated heterocycles. The summed E-state index contributed by atoms with van der Waals surface area (Å²) < 4.78 is 0. The normalized spacial score (nSPS) is 14.5. The first-order valence-corrected chi connectivity index (χ1v) is 8.10. The van der Waals surface area contributed by atoms with Gasteiger partial charge in [-0.25, -0.2) is 0 Å². The van der Waals surface area contributed by atoms with E-state index >= 15 is 0 Å². The lowest BCUT2D eigenvalue weighted by Crippen LogP contribution is -2.29. The van der Waals surface area contributed by atoms with Gasteiger partial charge in [-0.15, -0.1) is 0 Å². The van der Waals surface area contributed by atoms with Crippen LogP contribution in [-0.4, -0.2) is 31.4 Å². The molecule has 1 aromatic rings. The van der Waals surface area contributed by atoms with Crippen LogP contribution in [0.1, 0.15) is 39.0 Å². The molecule has 5 heteroatoms. The molecule has 1 heterocycles. The summed E-state index contributed by atoms with van der Waals surface area (Å²) in [5.74, 6) is -0.511. The minimum Gasteiger partial charge on any atom is -0.372 e. The zero-order chi connectivity index (χ0) is 15.8. The van der Waals surface area contributed by atoms with E-state index in [1.807, 2.05) is 31.2 Å². The number of anilines is 2. The monoisotopic (exact) mass is 303 g/mol. The van der Waals surface area contributed by atoms with Crippen LogP contribution in [0, 0.1) is 0 Å². The number of nitrogens with zero attached hydrogens (tertiary/aromatic N) is 1. The Kier molecular flexibility index (Phi) is 6.25. The number of piperidine rings is 1. The lowest BCUT2D eigenvalue weighted by Gasteiger charge is -2.28. The van der Waals surface area contributed by atoms with Crippen molar-refractivity contribution in [1.82, 2.24) is 5.32 Å². The average molecular weight is 303 g/mol. The summed E-state index contributed by atoms with van der Waals surface area (Å²) >= 11 is 0. The zero-order valence-electron chi connectivity index (χ0n) is 13.2. The fourth-order valence-electron chi connectivity index (χ4n) is 2.59. The van der Waals surface area contributed by atoms with E-state index in [0.29, 0.717) is 6.54 Å². The predicted octanol–water partition coefficient (Wildman–Crippen LogP) is 2.53. The molecule has 1 fully saturated rings. The quantitative estimate of drug-likeness (QED) is 0.794. The van der Waals surface area contributed by atoms with Crippen LogP contribution in [0.25, 0.3) is 0 Å². The molecule has 22 heavy (non-hydrogen) atoms. The molecule has 1 aliphatic rings. The van der Waals surface area contributed by atoms with Crippen LogP contribution in [0.2, 0.25) is 0 Å². The number of carbonyl (C=O) groups is 2. The van der Waals surface area contributed by atoms with Crippen molar-refractivity contribution in [1.29, 1.82) is 0 Å². The van der Waals surface area contributed by atoms with E-state index in [4.69, 9.17) is 0 Å². The Morgan fingerprint density at radius 3 is 2.36 bits per heavy atom. The van der Waals surface area contributed by atoms with Gasteiger partial charge in [-0.2, -0.15) is 0 Å². The zero-order valence-corrected chi connectivity index (χ0v) is 13.2. The van der Waals surface area contributed by atoms with E-state index in [-0.39, 0.29) is 18.2 Å². The molecule has 0 radical (unpaired) electrons. The number of carbonyl (C=O) groups excluding carboxylic acids is 2. The van der Waals surface area contributed by atoms with Crippen molar-refractivity contribution < 1.29 is 9.59 Å². The molecule has 120 valence electrons. The van der Waals surface area contributed by atoms with Crippen molar-refractivity contribution in [2.75, 3.05) is 29.9 Å². The molecule has 5 nitrogen and oxygen atoms in total. The summed E-state index contributed by atoms with van der Waals surface area (Å²) in [6.07, 6.45) is 4.53. The second-order valence-electron chi connectivity index (χ2n) is 5.67. The Morgan fingerprint density at radius 1 is 1.05 bits per heavy atom. The third-order valence-corrected chi connectivity index (χ3v) is 3.77. The molecule has 0 saturated carbocycles. The Bertz CT molecular complexity index is 493. The largest absolute Gasteiger partial charge is 0.372 e. The first-order valence-electron chi connectivity index (χ1n) is 8.10. The van der Waals surface area contributed by atoms with E-state index in [1.54, 1.807) is 0 Å². The third-order valence-electron chi connectivity index (χ3n) is 3.77. The van der Waals surface area contributed by atoms with Crippen molar-refractivity contribution in [3.63, 3.8) is 0 Å². The Labute approximate surface area is 132 Å². The van der Waals surface area contributed by atoms with E-state index in [2.05, 4.69) is 15.5 Å². The predicted molar refractivity (Wildman–Crippen MR) is 89.1 cm³/mol. The summed E-state index contributed by atoms with van der Waals surface area (Å²) in [5, 5.41) is 5.46. The molecule has 1 aliphatic heterocycles. The van der Waals surface area contributed by atoms with Gasteiger partial charge in [0.15, 0.2) is 0 Å². The molecule has 2 rings (SSSR count). The fraction of sp³-hybridized carbons (Fsp3) is 0.529.